The van der Waals surface area contributed by atoms with Gasteiger partial charge in [-0.05, 0) is 18.6 Å². The predicted molar refractivity (Wildman–Crippen MR) is 51.9 cm³/mol. The number of allylic oxidation sites excluding steroid dienone is 3. The number of hydrogen-bond acceptors (Lipinski definition) is 1. The van der Waals surface area contributed by atoms with Crippen LogP contribution in [-0.4, -0.2) is 5.11 Å². The summed E-state index contributed by atoms with van der Waals surface area (Å²) in [5, 5.41) is 9.10. The van der Waals surface area contributed by atoms with E-state index in [1.807, 2.05) is 13.8 Å². The lowest BCUT2D eigenvalue weighted by Gasteiger charge is -1.94. The van der Waals surface area contributed by atoms with Crippen molar-refractivity contribution in [1.29, 1.82) is 0 Å². The summed E-state index contributed by atoms with van der Waals surface area (Å²) < 4.78 is 0. The summed E-state index contributed by atoms with van der Waals surface area (Å²) in [6.07, 6.45) is 1.55. The largest absolute Gasteiger partial charge is 0.508 e. The molecule has 0 rings (SSSR count). The zero-order valence-corrected chi connectivity index (χ0v) is 8.07. The fourth-order valence-electron chi connectivity index (χ4n) is 0.318. The SMILES string of the molecule is C=C(Cl)/C=C(/C)C(=C)O.CC. The van der Waals surface area contributed by atoms with Crippen molar-refractivity contribution >= 4 is 11.6 Å². The van der Waals surface area contributed by atoms with Crippen molar-refractivity contribution in [3.63, 3.8) is 0 Å². The van der Waals surface area contributed by atoms with Gasteiger partial charge in [-0.3, -0.25) is 0 Å². The summed E-state index contributed by atoms with van der Waals surface area (Å²) in [5.41, 5.74) is 0.634. The molecule has 64 valence electrons. The van der Waals surface area contributed by atoms with Gasteiger partial charge in [-0.1, -0.05) is 38.6 Å². The molecule has 1 N–H and O–H groups in total. The zero-order valence-electron chi connectivity index (χ0n) is 7.32. The normalized spacial score (nSPS) is 9.64. The molecule has 0 aromatic carbocycles. The molecule has 11 heavy (non-hydrogen) atoms. The van der Waals surface area contributed by atoms with Crippen molar-refractivity contribution in [1.82, 2.24) is 0 Å². The van der Waals surface area contributed by atoms with E-state index < -0.39 is 0 Å². The summed E-state index contributed by atoms with van der Waals surface area (Å²) >= 11 is 5.39. The van der Waals surface area contributed by atoms with E-state index in [2.05, 4.69) is 13.2 Å². The highest BCUT2D eigenvalue weighted by atomic mass is 35.5. The molecule has 0 atom stereocenters. The van der Waals surface area contributed by atoms with E-state index in [1.54, 1.807) is 13.0 Å². The van der Waals surface area contributed by atoms with Gasteiger partial charge in [0.25, 0.3) is 0 Å². The molecule has 0 spiro atoms. The Balaban J connectivity index is 0. The Hall–Kier alpha value is -0.690. The number of rotatable bonds is 2. The molecule has 0 saturated carbocycles. The molecule has 1 nitrogen and oxygen atoms in total. The van der Waals surface area contributed by atoms with Crippen LogP contribution in [0.4, 0.5) is 0 Å². The molecule has 0 aromatic heterocycles. The molecular formula is C9H15ClO. The highest BCUT2D eigenvalue weighted by Crippen LogP contribution is 2.08. The van der Waals surface area contributed by atoms with Crippen LogP contribution in [0.25, 0.3) is 0 Å². The third-order valence-electron chi connectivity index (χ3n) is 0.828. The maximum Gasteiger partial charge on any atom is 0.111 e. The number of aliphatic hydroxyl groups is 1. The van der Waals surface area contributed by atoms with Crippen LogP contribution in [0.3, 0.4) is 0 Å². The highest BCUT2D eigenvalue weighted by Gasteiger charge is 1.90. The molecular weight excluding hydrogens is 160 g/mol. The summed E-state index contributed by atoms with van der Waals surface area (Å²) in [6.45, 7) is 12.4. The van der Waals surface area contributed by atoms with E-state index >= 15 is 0 Å². The van der Waals surface area contributed by atoms with Gasteiger partial charge in [0.2, 0.25) is 0 Å². The molecule has 0 radical (unpaired) electrons. The van der Waals surface area contributed by atoms with Crippen LogP contribution in [0.1, 0.15) is 20.8 Å². The molecule has 0 bridgehead atoms. The Morgan fingerprint density at radius 2 is 1.73 bits per heavy atom. The maximum atomic E-state index is 8.71. The minimum absolute atomic E-state index is 0.0248. The van der Waals surface area contributed by atoms with E-state index in [9.17, 15) is 0 Å². The standard InChI is InChI=1S/C7H9ClO.C2H6/c1-5(7(3)9)4-6(2)8;1-2/h4,9H,2-3H2,1H3;1-2H3/b5-4-;. The minimum Gasteiger partial charge on any atom is -0.508 e. The molecule has 2 heteroatoms. The smallest absolute Gasteiger partial charge is 0.111 e. The van der Waals surface area contributed by atoms with E-state index in [0.29, 0.717) is 10.6 Å². The van der Waals surface area contributed by atoms with Crippen molar-refractivity contribution < 1.29 is 5.11 Å². The van der Waals surface area contributed by atoms with E-state index in [0.717, 1.165) is 0 Å². The van der Waals surface area contributed by atoms with Gasteiger partial charge in [0, 0.05) is 5.03 Å². The van der Waals surface area contributed by atoms with E-state index in [-0.39, 0.29) is 5.76 Å². The predicted octanol–water partition coefficient (Wildman–Crippen LogP) is 3.78. The third-order valence-corrected chi connectivity index (χ3v) is 0.937. The molecule has 0 aliphatic heterocycles. The highest BCUT2D eigenvalue weighted by molar-refractivity contribution is 6.30. The average molecular weight is 175 g/mol. The monoisotopic (exact) mass is 174 g/mol. The lowest BCUT2D eigenvalue weighted by Crippen LogP contribution is -1.78. The van der Waals surface area contributed by atoms with Crippen molar-refractivity contribution in [2.24, 2.45) is 0 Å². The first-order valence-electron chi connectivity index (χ1n) is 3.45. The van der Waals surface area contributed by atoms with Gasteiger partial charge < -0.3 is 5.11 Å². The topological polar surface area (TPSA) is 20.2 Å². The molecule has 0 aliphatic rings. The quantitative estimate of drug-likeness (QED) is 0.499. The van der Waals surface area contributed by atoms with Crippen LogP contribution in [0.15, 0.2) is 35.6 Å². The Bertz CT molecular complexity index is 168. The third kappa shape index (κ3) is 9.31. The second-order valence-electron chi connectivity index (χ2n) is 1.72. The van der Waals surface area contributed by atoms with Crippen molar-refractivity contribution in [3.05, 3.63) is 35.6 Å². The molecule has 0 heterocycles. The molecule has 0 amide bonds. The number of aliphatic hydroxyl groups excluding tert-OH is 1. The summed E-state index contributed by atoms with van der Waals surface area (Å²) in [7, 11) is 0. The number of halogens is 1. The van der Waals surface area contributed by atoms with E-state index in [4.69, 9.17) is 16.7 Å². The molecule has 0 saturated heterocycles. The lowest BCUT2D eigenvalue weighted by molar-refractivity contribution is 0.426. The fraction of sp³-hybridized carbons (Fsp3) is 0.333. The summed E-state index contributed by atoms with van der Waals surface area (Å²) in [4.78, 5) is 0. The van der Waals surface area contributed by atoms with Gasteiger partial charge in [-0.15, -0.1) is 0 Å². The first kappa shape index (κ1) is 12.9. The van der Waals surface area contributed by atoms with Gasteiger partial charge >= 0.3 is 0 Å². The van der Waals surface area contributed by atoms with Gasteiger partial charge in [0.15, 0.2) is 0 Å². The fourth-order valence-corrected chi connectivity index (χ4v) is 0.482. The summed E-state index contributed by atoms with van der Waals surface area (Å²) in [6, 6.07) is 0. The van der Waals surface area contributed by atoms with E-state index in [1.165, 1.54) is 0 Å². The van der Waals surface area contributed by atoms with Crippen LogP contribution in [-0.2, 0) is 0 Å². The first-order chi connectivity index (χ1) is 5.04. The first-order valence-corrected chi connectivity index (χ1v) is 3.83. The van der Waals surface area contributed by atoms with Gasteiger partial charge in [-0.25, -0.2) is 0 Å². The maximum absolute atomic E-state index is 8.71. The molecule has 0 fully saturated rings. The Kier molecular flexibility index (Phi) is 8.73. The van der Waals surface area contributed by atoms with Crippen LogP contribution in [0, 0.1) is 0 Å². The second kappa shape index (κ2) is 7.42. The van der Waals surface area contributed by atoms with Gasteiger partial charge in [-0.2, -0.15) is 0 Å². The summed E-state index contributed by atoms with van der Waals surface area (Å²) in [5.74, 6) is 0.0248. The van der Waals surface area contributed by atoms with Gasteiger partial charge in [0.05, 0.1) is 0 Å². The van der Waals surface area contributed by atoms with Crippen LogP contribution in [0.5, 0.6) is 0 Å². The Morgan fingerprint density at radius 1 is 1.36 bits per heavy atom. The molecule has 0 aromatic rings. The molecule has 0 aliphatic carbocycles. The molecule has 0 unspecified atom stereocenters. The van der Waals surface area contributed by atoms with Crippen LogP contribution >= 0.6 is 11.6 Å². The van der Waals surface area contributed by atoms with Crippen molar-refractivity contribution in [2.75, 3.05) is 0 Å². The van der Waals surface area contributed by atoms with Crippen LogP contribution in [0.2, 0.25) is 0 Å². The average Bonchev–Trinajstić information content (AvgIpc) is 1.90. The van der Waals surface area contributed by atoms with Crippen molar-refractivity contribution in [2.45, 2.75) is 20.8 Å². The second-order valence-corrected chi connectivity index (χ2v) is 2.21. The Labute approximate surface area is 73.7 Å². The lowest BCUT2D eigenvalue weighted by atomic mass is 10.2. The van der Waals surface area contributed by atoms with Gasteiger partial charge in [0.1, 0.15) is 5.76 Å². The Morgan fingerprint density at radius 3 is 1.82 bits per heavy atom. The van der Waals surface area contributed by atoms with Crippen molar-refractivity contribution in [3.8, 4) is 0 Å². The number of hydrogen-bond donors (Lipinski definition) is 1. The minimum atomic E-state index is 0.0248. The van der Waals surface area contributed by atoms with Crippen LogP contribution < -0.4 is 0 Å². The zero-order chi connectivity index (χ0) is 9.44.